The third-order valence-corrected chi connectivity index (χ3v) is 4.75. The van der Waals surface area contributed by atoms with Crippen LogP contribution >= 0.6 is 22.9 Å². The number of hydrogen-bond acceptors (Lipinski definition) is 4. The Kier molecular flexibility index (Phi) is 2.56. The Morgan fingerprint density at radius 3 is 3.00 bits per heavy atom. The van der Waals surface area contributed by atoms with Crippen LogP contribution in [-0.4, -0.2) is 28.7 Å². The van der Waals surface area contributed by atoms with Crippen LogP contribution in [0.3, 0.4) is 0 Å². The molecule has 0 N–H and O–H groups in total. The van der Waals surface area contributed by atoms with E-state index in [0.717, 1.165) is 30.1 Å². The van der Waals surface area contributed by atoms with E-state index in [1.807, 2.05) is 5.51 Å². The van der Waals surface area contributed by atoms with E-state index in [-0.39, 0.29) is 0 Å². The van der Waals surface area contributed by atoms with Crippen LogP contribution in [-0.2, 0) is 0 Å². The van der Waals surface area contributed by atoms with E-state index >= 15 is 0 Å². The molecular weight excluding hydrogens is 230 g/mol. The summed E-state index contributed by atoms with van der Waals surface area (Å²) in [4.78, 5) is 2.38. The maximum absolute atomic E-state index is 6.21. The Bertz CT molecular complexity index is 329. The minimum Gasteiger partial charge on any atom is -0.346 e. The topological polar surface area (TPSA) is 29.0 Å². The molecule has 1 aliphatic heterocycles. The molecule has 3 atom stereocenters. The fourth-order valence-electron chi connectivity index (χ4n) is 2.84. The van der Waals surface area contributed by atoms with Gasteiger partial charge in [-0.2, -0.15) is 0 Å². The molecule has 2 aliphatic rings. The summed E-state index contributed by atoms with van der Waals surface area (Å²) < 4.78 is 0. The van der Waals surface area contributed by atoms with Crippen molar-refractivity contribution in [1.82, 2.24) is 10.2 Å². The van der Waals surface area contributed by atoms with Gasteiger partial charge in [0.05, 0.1) is 0 Å². The Balaban J connectivity index is 1.72. The minimum atomic E-state index is 0.403. The number of alkyl halides is 1. The first-order valence-corrected chi connectivity index (χ1v) is 6.79. The van der Waals surface area contributed by atoms with Gasteiger partial charge in [0.25, 0.3) is 0 Å². The maximum atomic E-state index is 6.21. The lowest BCUT2D eigenvalue weighted by molar-refractivity contribution is 0.304. The molecule has 0 amide bonds. The molecular formula is C10H14ClN3S. The van der Waals surface area contributed by atoms with Gasteiger partial charge in [0.2, 0.25) is 5.13 Å². The highest BCUT2D eigenvalue weighted by molar-refractivity contribution is 7.13. The molecule has 0 radical (unpaired) electrons. The molecule has 1 aromatic heterocycles. The van der Waals surface area contributed by atoms with E-state index in [1.165, 1.54) is 19.3 Å². The highest BCUT2D eigenvalue weighted by atomic mass is 35.5. The first-order valence-electron chi connectivity index (χ1n) is 5.48. The summed E-state index contributed by atoms with van der Waals surface area (Å²) in [6.07, 6.45) is 3.66. The number of rotatable bonds is 1. The normalized spacial score (nSPS) is 35.5. The summed E-state index contributed by atoms with van der Waals surface area (Å²) in [5.41, 5.74) is 1.81. The number of aromatic nitrogens is 2. The van der Waals surface area contributed by atoms with Gasteiger partial charge in [0.15, 0.2) is 0 Å². The van der Waals surface area contributed by atoms with Crippen LogP contribution in [0.4, 0.5) is 5.13 Å². The minimum absolute atomic E-state index is 0.403. The predicted octanol–water partition coefficient (Wildman–Crippen LogP) is 2.38. The molecule has 1 aliphatic carbocycles. The molecule has 1 aromatic rings. The number of nitrogens with zero attached hydrogens (tertiary/aromatic N) is 3. The van der Waals surface area contributed by atoms with Crippen molar-refractivity contribution in [2.24, 2.45) is 11.8 Å². The Labute approximate surface area is 98.5 Å². The van der Waals surface area contributed by atoms with Crippen LogP contribution in [0.2, 0.25) is 0 Å². The lowest BCUT2D eigenvalue weighted by atomic mass is 9.82. The van der Waals surface area contributed by atoms with E-state index in [4.69, 9.17) is 11.6 Å². The maximum Gasteiger partial charge on any atom is 0.208 e. The summed E-state index contributed by atoms with van der Waals surface area (Å²) in [5.74, 6) is 1.62. The lowest BCUT2D eigenvalue weighted by Gasteiger charge is -2.26. The van der Waals surface area contributed by atoms with Crippen LogP contribution in [0.15, 0.2) is 5.51 Å². The molecule has 3 nitrogen and oxygen atoms in total. The second-order valence-electron chi connectivity index (χ2n) is 4.56. The number of hydrogen-bond donors (Lipinski definition) is 0. The molecule has 82 valence electrons. The van der Waals surface area contributed by atoms with Gasteiger partial charge in [-0.1, -0.05) is 11.3 Å². The van der Waals surface area contributed by atoms with E-state index in [9.17, 15) is 0 Å². The molecule has 15 heavy (non-hydrogen) atoms. The monoisotopic (exact) mass is 243 g/mol. The van der Waals surface area contributed by atoms with Crippen LogP contribution in [0, 0.1) is 11.8 Å². The second-order valence-corrected chi connectivity index (χ2v) is 5.99. The zero-order chi connectivity index (χ0) is 10.3. The number of anilines is 1. The molecule has 0 bridgehead atoms. The van der Waals surface area contributed by atoms with E-state index < -0.39 is 0 Å². The van der Waals surface area contributed by atoms with Gasteiger partial charge >= 0.3 is 0 Å². The Hall–Kier alpha value is -0.350. The third kappa shape index (κ3) is 1.85. The van der Waals surface area contributed by atoms with E-state index in [1.54, 1.807) is 11.3 Å². The van der Waals surface area contributed by atoms with Crippen LogP contribution in [0.25, 0.3) is 0 Å². The smallest absolute Gasteiger partial charge is 0.208 e. The van der Waals surface area contributed by atoms with Gasteiger partial charge in [-0.15, -0.1) is 21.8 Å². The fraction of sp³-hybridized carbons (Fsp3) is 0.800. The molecule has 0 aromatic carbocycles. The standard InChI is InChI=1S/C10H14ClN3S/c11-9-2-1-7-4-14(5-8(7)3-9)10-13-12-6-15-10/h6-9H,1-5H2. The molecule has 1 saturated carbocycles. The zero-order valence-corrected chi connectivity index (χ0v) is 10.0. The number of fused-ring (bicyclic) bond motifs is 1. The van der Waals surface area contributed by atoms with Crippen molar-refractivity contribution in [3.8, 4) is 0 Å². The molecule has 3 rings (SSSR count). The van der Waals surface area contributed by atoms with Crippen molar-refractivity contribution in [2.45, 2.75) is 24.6 Å². The SMILES string of the molecule is ClC1CCC2CN(c3nncs3)CC2C1. The average molecular weight is 244 g/mol. The largest absolute Gasteiger partial charge is 0.346 e. The van der Waals surface area contributed by atoms with Crippen molar-refractivity contribution in [1.29, 1.82) is 0 Å². The van der Waals surface area contributed by atoms with E-state index in [0.29, 0.717) is 5.38 Å². The summed E-state index contributed by atoms with van der Waals surface area (Å²) in [6.45, 7) is 2.28. The molecule has 1 saturated heterocycles. The fourth-order valence-corrected chi connectivity index (χ4v) is 3.77. The molecule has 5 heteroatoms. The summed E-state index contributed by atoms with van der Waals surface area (Å²) >= 11 is 7.85. The summed E-state index contributed by atoms with van der Waals surface area (Å²) in [5, 5.41) is 9.52. The zero-order valence-electron chi connectivity index (χ0n) is 8.47. The number of halogens is 1. The lowest BCUT2D eigenvalue weighted by Crippen LogP contribution is -2.23. The van der Waals surface area contributed by atoms with Crippen molar-refractivity contribution in [3.63, 3.8) is 0 Å². The van der Waals surface area contributed by atoms with Gasteiger partial charge in [-0.25, -0.2) is 0 Å². The van der Waals surface area contributed by atoms with Crippen molar-refractivity contribution in [2.75, 3.05) is 18.0 Å². The van der Waals surface area contributed by atoms with Gasteiger partial charge in [-0.3, -0.25) is 0 Å². The summed E-state index contributed by atoms with van der Waals surface area (Å²) in [6, 6.07) is 0. The molecule has 3 unspecified atom stereocenters. The highest BCUT2D eigenvalue weighted by Gasteiger charge is 2.37. The summed E-state index contributed by atoms with van der Waals surface area (Å²) in [7, 11) is 0. The molecule has 0 spiro atoms. The Morgan fingerprint density at radius 2 is 2.20 bits per heavy atom. The van der Waals surface area contributed by atoms with Gasteiger partial charge in [0.1, 0.15) is 5.51 Å². The highest BCUT2D eigenvalue weighted by Crippen LogP contribution is 2.39. The second kappa shape index (κ2) is 3.91. The van der Waals surface area contributed by atoms with Gasteiger partial charge in [-0.05, 0) is 31.1 Å². The van der Waals surface area contributed by atoms with E-state index in [2.05, 4.69) is 15.1 Å². The van der Waals surface area contributed by atoms with Gasteiger partial charge < -0.3 is 4.90 Å². The predicted molar refractivity (Wildman–Crippen MR) is 62.6 cm³/mol. The quantitative estimate of drug-likeness (QED) is 0.710. The molecule has 2 fully saturated rings. The van der Waals surface area contributed by atoms with Crippen molar-refractivity contribution < 1.29 is 0 Å². The van der Waals surface area contributed by atoms with Crippen LogP contribution < -0.4 is 4.90 Å². The Morgan fingerprint density at radius 1 is 1.33 bits per heavy atom. The van der Waals surface area contributed by atoms with Crippen molar-refractivity contribution >= 4 is 28.1 Å². The van der Waals surface area contributed by atoms with Gasteiger partial charge in [0, 0.05) is 18.5 Å². The van der Waals surface area contributed by atoms with Crippen molar-refractivity contribution in [3.05, 3.63) is 5.51 Å². The molecule has 2 heterocycles. The first kappa shape index (κ1) is 9.85. The average Bonchev–Trinajstić information content (AvgIpc) is 2.84. The van der Waals surface area contributed by atoms with Crippen LogP contribution in [0.1, 0.15) is 19.3 Å². The first-order chi connectivity index (χ1) is 7.33. The third-order valence-electron chi connectivity index (χ3n) is 3.60. The van der Waals surface area contributed by atoms with Crippen LogP contribution in [0.5, 0.6) is 0 Å².